The lowest BCUT2D eigenvalue weighted by molar-refractivity contribution is 0.152. The lowest BCUT2D eigenvalue weighted by atomic mass is 9.96. The van der Waals surface area contributed by atoms with Gasteiger partial charge in [0.15, 0.2) is 0 Å². The molecule has 0 saturated carbocycles. The molecule has 0 aliphatic heterocycles. The number of aryl methyl sites for hydroxylation is 2. The van der Waals surface area contributed by atoms with Gasteiger partial charge in [-0.05, 0) is 49.6 Å². The molecule has 1 aromatic carbocycles. The second-order valence-electron chi connectivity index (χ2n) is 3.98. The minimum Gasteiger partial charge on any atom is -0.496 e. The number of aliphatic hydroxyl groups is 1. The topological polar surface area (TPSA) is 55.5 Å². The van der Waals surface area contributed by atoms with Gasteiger partial charge in [-0.15, -0.1) is 0 Å². The summed E-state index contributed by atoms with van der Waals surface area (Å²) in [5, 5.41) is 9.90. The molecular formula is C12H19NO2. The summed E-state index contributed by atoms with van der Waals surface area (Å²) >= 11 is 0. The van der Waals surface area contributed by atoms with Crippen molar-refractivity contribution in [2.24, 2.45) is 5.73 Å². The molecule has 3 heteroatoms. The zero-order chi connectivity index (χ0) is 11.6. The van der Waals surface area contributed by atoms with Crippen LogP contribution in [0.4, 0.5) is 0 Å². The molecule has 3 N–H and O–H groups in total. The van der Waals surface area contributed by atoms with E-state index in [1.165, 1.54) is 0 Å². The SMILES string of the molecule is COc1cc(C)c(C(O)C(C)N)cc1C. The molecule has 0 heterocycles. The van der Waals surface area contributed by atoms with Crippen LogP contribution in [0, 0.1) is 13.8 Å². The number of ether oxygens (including phenoxy) is 1. The maximum atomic E-state index is 9.90. The second-order valence-corrected chi connectivity index (χ2v) is 3.98. The van der Waals surface area contributed by atoms with Crippen molar-refractivity contribution in [1.29, 1.82) is 0 Å². The zero-order valence-corrected chi connectivity index (χ0v) is 9.74. The van der Waals surface area contributed by atoms with E-state index in [-0.39, 0.29) is 6.04 Å². The highest BCUT2D eigenvalue weighted by atomic mass is 16.5. The second kappa shape index (κ2) is 4.64. The van der Waals surface area contributed by atoms with Gasteiger partial charge in [-0.3, -0.25) is 0 Å². The maximum Gasteiger partial charge on any atom is 0.122 e. The van der Waals surface area contributed by atoms with Gasteiger partial charge in [0.05, 0.1) is 13.2 Å². The van der Waals surface area contributed by atoms with Gasteiger partial charge in [-0.1, -0.05) is 0 Å². The molecule has 1 rings (SSSR count). The lowest BCUT2D eigenvalue weighted by Crippen LogP contribution is -2.25. The number of hydrogen-bond donors (Lipinski definition) is 2. The highest BCUT2D eigenvalue weighted by Crippen LogP contribution is 2.27. The molecule has 0 fully saturated rings. The van der Waals surface area contributed by atoms with Crippen LogP contribution in [0.15, 0.2) is 12.1 Å². The fourth-order valence-electron chi connectivity index (χ4n) is 1.63. The molecule has 3 nitrogen and oxygen atoms in total. The van der Waals surface area contributed by atoms with Crippen LogP contribution in [0.1, 0.15) is 29.7 Å². The van der Waals surface area contributed by atoms with Gasteiger partial charge in [0.25, 0.3) is 0 Å². The quantitative estimate of drug-likeness (QED) is 0.796. The Morgan fingerprint density at radius 1 is 1.27 bits per heavy atom. The number of hydrogen-bond acceptors (Lipinski definition) is 3. The van der Waals surface area contributed by atoms with E-state index in [9.17, 15) is 5.11 Å². The van der Waals surface area contributed by atoms with Gasteiger partial charge in [0, 0.05) is 6.04 Å². The third kappa shape index (κ3) is 2.49. The molecule has 0 saturated heterocycles. The fourth-order valence-corrected chi connectivity index (χ4v) is 1.63. The molecule has 2 atom stereocenters. The number of rotatable bonds is 3. The highest BCUT2D eigenvalue weighted by Gasteiger charge is 2.16. The largest absolute Gasteiger partial charge is 0.496 e. The zero-order valence-electron chi connectivity index (χ0n) is 9.74. The van der Waals surface area contributed by atoms with Crippen molar-refractivity contribution in [3.63, 3.8) is 0 Å². The first-order valence-corrected chi connectivity index (χ1v) is 5.06. The number of nitrogens with two attached hydrogens (primary N) is 1. The number of methoxy groups -OCH3 is 1. The van der Waals surface area contributed by atoms with Crippen molar-refractivity contribution < 1.29 is 9.84 Å². The van der Waals surface area contributed by atoms with Crippen LogP contribution >= 0.6 is 0 Å². The Kier molecular flexibility index (Phi) is 3.72. The first kappa shape index (κ1) is 12.0. The van der Waals surface area contributed by atoms with Crippen LogP contribution < -0.4 is 10.5 Å². The average molecular weight is 209 g/mol. The van der Waals surface area contributed by atoms with E-state index in [0.717, 1.165) is 22.4 Å². The molecule has 0 aliphatic carbocycles. The molecule has 2 unspecified atom stereocenters. The number of aliphatic hydroxyl groups excluding tert-OH is 1. The average Bonchev–Trinajstić information content (AvgIpc) is 2.19. The summed E-state index contributed by atoms with van der Waals surface area (Å²) in [7, 11) is 1.64. The van der Waals surface area contributed by atoms with E-state index < -0.39 is 6.10 Å². The van der Waals surface area contributed by atoms with Gasteiger partial charge in [0.2, 0.25) is 0 Å². The molecule has 0 aromatic heterocycles. The van der Waals surface area contributed by atoms with Crippen LogP contribution in [-0.2, 0) is 0 Å². The van der Waals surface area contributed by atoms with Crippen LogP contribution in [0.2, 0.25) is 0 Å². The normalized spacial score (nSPS) is 14.8. The van der Waals surface area contributed by atoms with Crippen LogP contribution in [-0.4, -0.2) is 18.3 Å². The molecule has 0 radical (unpaired) electrons. The van der Waals surface area contributed by atoms with Gasteiger partial charge in [-0.2, -0.15) is 0 Å². The van der Waals surface area contributed by atoms with E-state index in [4.69, 9.17) is 10.5 Å². The predicted octanol–water partition coefficient (Wildman–Crippen LogP) is 1.69. The van der Waals surface area contributed by atoms with Crippen molar-refractivity contribution in [3.05, 3.63) is 28.8 Å². The van der Waals surface area contributed by atoms with Crippen LogP contribution in [0.3, 0.4) is 0 Å². The molecule has 15 heavy (non-hydrogen) atoms. The molecule has 0 amide bonds. The Labute approximate surface area is 90.9 Å². The van der Waals surface area contributed by atoms with Crippen molar-refractivity contribution in [1.82, 2.24) is 0 Å². The minimum absolute atomic E-state index is 0.267. The highest BCUT2D eigenvalue weighted by molar-refractivity contribution is 5.42. The summed E-state index contributed by atoms with van der Waals surface area (Å²) in [5.74, 6) is 0.841. The third-order valence-corrected chi connectivity index (χ3v) is 2.60. The molecule has 84 valence electrons. The van der Waals surface area contributed by atoms with E-state index >= 15 is 0 Å². The van der Waals surface area contributed by atoms with Crippen molar-refractivity contribution in [2.45, 2.75) is 32.9 Å². The van der Waals surface area contributed by atoms with E-state index in [1.807, 2.05) is 26.0 Å². The summed E-state index contributed by atoms with van der Waals surface area (Å²) in [5.41, 5.74) is 8.57. The summed E-state index contributed by atoms with van der Waals surface area (Å²) < 4.78 is 5.21. The summed E-state index contributed by atoms with van der Waals surface area (Å²) in [6, 6.07) is 3.59. The standard InChI is InChI=1S/C12H19NO2/c1-7-6-11(15-4)8(2)5-10(7)12(14)9(3)13/h5-6,9,12,14H,13H2,1-4H3. The van der Waals surface area contributed by atoms with Gasteiger partial charge < -0.3 is 15.6 Å². The summed E-state index contributed by atoms with van der Waals surface area (Å²) in [6.07, 6.45) is -0.616. The Morgan fingerprint density at radius 2 is 1.87 bits per heavy atom. The maximum absolute atomic E-state index is 9.90. The van der Waals surface area contributed by atoms with Crippen LogP contribution in [0.25, 0.3) is 0 Å². The Morgan fingerprint density at radius 3 is 2.33 bits per heavy atom. The summed E-state index contributed by atoms with van der Waals surface area (Å²) in [6.45, 7) is 5.70. The molecule has 0 spiro atoms. The predicted molar refractivity (Wildman–Crippen MR) is 61.1 cm³/mol. The van der Waals surface area contributed by atoms with Crippen LogP contribution in [0.5, 0.6) is 5.75 Å². The van der Waals surface area contributed by atoms with E-state index in [0.29, 0.717) is 0 Å². The fraction of sp³-hybridized carbons (Fsp3) is 0.500. The lowest BCUT2D eigenvalue weighted by Gasteiger charge is -2.19. The van der Waals surface area contributed by atoms with Crippen molar-refractivity contribution in [3.8, 4) is 5.75 Å². The van der Waals surface area contributed by atoms with E-state index in [1.54, 1.807) is 14.0 Å². The van der Waals surface area contributed by atoms with Gasteiger partial charge >= 0.3 is 0 Å². The minimum atomic E-state index is -0.616. The first-order chi connectivity index (χ1) is 6.97. The Bertz CT molecular complexity index is 348. The Balaban J connectivity index is 3.15. The molecule has 1 aromatic rings. The van der Waals surface area contributed by atoms with Gasteiger partial charge in [-0.25, -0.2) is 0 Å². The number of benzene rings is 1. The third-order valence-electron chi connectivity index (χ3n) is 2.60. The summed E-state index contributed by atoms with van der Waals surface area (Å²) in [4.78, 5) is 0. The van der Waals surface area contributed by atoms with E-state index in [2.05, 4.69) is 0 Å². The first-order valence-electron chi connectivity index (χ1n) is 5.06. The smallest absolute Gasteiger partial charge is 0.122 e. The van der Waals surface area contributed by atoms with Gasteiger partial charge in [0.1, 0.15) is 5.75 Å². The monoisotopic (exact) mass is 209 g/mol. The Hall–Kier alpha value is -1.06. The molecule has 0 bridgehead atoms. The molecule has 0 aliphatic rings. The van der Waals surface area contributed by atoms with Crippen molar-refractivity contribution in [2.75, 3.05) is 7.11 Å². The molecular weight excluding hydrogens is 190 g/mol. The van der Waals surface area contributed by atoms with Crippen molar-refractivity contribution >= 4 is 0 Å².